The van der Waals surface area contributed by atoms with E-state index in [4.69, 9.17) is 20.1 Å². The van der Waals surface area contributed by atoms with Crippen LogP contribution in [0.3, 0.4) is 0 Å². The Morgan fingerprint density at radius 3 is 2.71 bits per heavy atom. The molecule has 0 spiro atoms. The molecule has 0 atom stereocenters. The molecule has 1 aromatic carbocycles. The molecule has 0 saturated carbocycles. The van der Waals surface area contributed by atoms with Gasteiger partial charge in [-0.1, -0.05) is 0 Å². The lowest BCUT2D eigenvalue weighted by molar-refractivity contribution is 0.146. The van der Waals surface area contributed by atoms with Gasteiger partial charge < -0.3 is 19.5 Å². The molecule has 1 rings (SSSR count). The van der Waals surface area contributed by atoms with E-state index in [2.05, 4.69) is 15.7 Å². The van der Waals surface area contributed by atoms with Crippen molar-refractivity contribution >= 4 is 11.6 Å². The van der Waals surface area contributed by atoms with Crippen LogP contribution >= 0.6 is 0 Å². The summed E-state index contributed by atoms with van der Waals surface area (Å²) in [4.78, 5) is 4.33. The molecule has 0 aliphatic heterocycles. The Bertz CT molecular complexity index is 452. The van der Waals surface area contributed by atoms with Crippen LogP contribution in [0.4, 0.5) is 5.69 Å². The van der Waals surface area contributed by atoms with Gasteiger partial charge in [0.1, 0.15) is 11.5 Å². The molecular formula is C14H24N4O3. The molecule has 0 saturated heterocycles. The van der Waals surface area contributed by atoms with Gasteiger partial charge in [0.05, 0.1) is 19.9 Å². The Labute approximate surface area is 125 Å². The van der Waals surface area contributed by atoms with E-state index >= 15 is 0 Å². The van der Waals surface area contributed by atoms with Gasteiger partial charge in [-0.2, -0.15) is 0 Å². The number of benzene rings is 1. The fraction of sp³-hybridized carbons (Fsp3) is 0.500. The second kappa shape index (κ2) is 9.84. The standard InChI is InChI=1S/C14H24N4O3/c1-4-21-9-5-8-16-14(18-15)17-12-10-11(19-2)6-7-13(12)20-3/h6-7,10H,4-5,8-9,15H2,1-3H3,(H2,16,17,18). The topological polar surface area (TPSA) is 90.1 Å². The quantitative estimate of drug-likeness (QED) is 0.221. The van der Waals surface area contributed by atoms with Gasteiger partial charge in [-0.25, -0.2) is 5.84 Å². The number of nitrogens with two attached hydrogens (primary N) is 1. The third kappa shape index (κ3) is 5.88. The van der Waals surface area contributed by atoms with Gasteiger partial charge in [0.25, 0.3) is 0 Å². The minimum Gasteiger partial charge on any atom is -0.497 e. The van der Waals surface area contributed by atoms with Crippen molar-refractivity contribution in [1.82, 2.24) is 5.43 Å². The van der Waals surface area contributed by atoms with Crippen LogP contribution < -0.4 is 26.1 Å². The number of nitrogens with zero attached hydrogens (tertiary/aromatic N) is 1. The molecular weight excluding hydrogens is 272 g/mol. The summed E-state index contributed by atoms with van der Waals surface area (Å²) in [6.07, 6.45) is 0.829. The van der Waals surface area contributed by atoms with Crippen LogP contribution in [0.1, 0.15) is 13.3 Å². The Balaban J connectivity index is 2.69. The summed E-state index contributed by atoms with van der Waals surface area (Å²) in [5.41, 5.74) is 3.25. The number of hydrogen-bond donors (Lipinski definition) is 3. The molecule has 7 heteroatoms. The van der Waals surface area contributed by atoms with Gasteiger partial charge in [0.2, 0.25) is 5.96 Å². The normalized spacial score (nSPS) is 11.1. The molecule has 1 aromatic rings. The first-order chi connectivity index (χ1) is 10.2. The molecule has 4 N–H and O–H groups in total. The molecule has 21 heavy (non-hydrogen) atoms. The van der Waals surface area contributed by atoms with Crippen molar-refractivity contribution in [2.45, 2.75) is 13.3 Å². The zero-order chi connectivity index (χ0) is 15.5. The predicted octanol–water partition coefficient (Wildman–Crippen LogP) is 1.36. The third-order valence-electron chi connectivity index (χ3n) is 2.72. The summed E-state index contributed by atoms with van der Waals surface area (Å²) < 4.78 is 15.7. The summed E-state index contributed by atoms with van der Waals surface area (Å²) in [6, 6.07) is 5.44. The number of guanidine groups is 1. The second-order valence-electron chi connectivity index (χ2n) is 4.12. The van der Waals surface area contributed by atoms with Crippen molar-refractivity contribution in [3.05, 3.63) is 18.2 Å². The molecule has 0 aromatic heterocycles. The maximum Gasteiger partial charge on any atom is 0.210 e. The minimum absolute atomic E-state index is 0.457. The zero-order valence-corrected chi connectivity index (χ0v) is 12.8. The summed E-state index contributed by atoms with van der Waals surface area (Å²) in [7, 11) is 3.21. The first-order valence-corrected chi connectivity index (χ1v) is 6.83. The summed E-state index contributed by atoms with van der Waals surface area (Å²) >= 11 is 0. The van der Waals surface area contributed by atoms with E-state index < -0.39 is 0 Å². The van der Waals surface area contributed by atoms with Gasteiger partial charge in [0.15, 0.2) is 0 Å². The summed E-state index contributed by atoms with van der Waals surface area (Å²) in [5.74, 6) is 7.32. The molecule has 0 aliphatic rings. The van der Waals surface area contributed by atoms with Crippen molar-refractivity contribution in [3.8, 4) is 11.5 Å². The SMILES string of the molecule is CCOCCCN=C(NN)Nc1cc(OC)ccc1OC. The Morgan fingerprint density at radius 2 is 2.10 bits per heavy atom. The fourth-order valence-corrected chi connectivity index (χ4v) is 1.66. The van der Waals surface area contributed by atoms with Crippen LogP contribution in [-0.2, 0) is 4.74 Å². The molecule has 7 nitrogen and oxygen atoms in total. The molecule has 118 valence electrons. The zero-order valence-electron chi connectivity index (χ0n) is 12.8. The Hall–Kier alpha value is -1.99. The van der Waals surface area contributed by atoms with Crippen LogP contribution in [-0.4, -0.2) is 39.9 Å². The smallest absolute Gasteiger partial charge is 0.210 e. The highest BCUT2D eigenvalue weighted by Gasteiger charge is 2.07. The van der Waals surface area contributed by atoms with E-state index in [-0.39, 0.29) is 0 Å². The number of aliphatic imine (C=N–C) groups is 1. The number of methoxy groups -OCH3 is 2. The number of anilines is 1. The largest absolute Gasteiger partial charge is 0.497 e. The van der Waals surface area contributed by atoms with Crippen LogP contribution in [0.2, 0.25) is 0 Å². The van der Waals surface area contributed by atoms with E-state index in [1.807, 2.05) is 25.1 Å². The highest BCUT2D eigenvalue weighted by Crippen LogP contribution is 2.28. The van der Waals surface area contributed by atoms with E-state index in [0.29, 0.717) is 37.2 Å². The molecule has 0 bridgehead atoms. The number of rotatable bonds is 8. The number of ether oxygens (including phenoxy) is 3. The van der Waals surface area contributed by atoms with Crippen molar-refractivity contribution in [2.24, 2.45) is 10.8 Å². The lowest BCUT2D eigenvalue weighted by Gasteiger charge is -2.14. The van der Waals surface area contributed by atoms with Crippen molar-refractivity contribution in [2.75, 3.05) is 39.3 Å². The maximum absolute atomic E-state index is 5.48. The second-order valence-corrected chi connectivity index (χ2v) is 4.12. The molecule has 0 heterocycles. The van der Waals surface area contributed by atoms with Crippen molar-refractivity contribution < 1.29 is 14.2 Å². The monoisotopic (exact) mass is 296 g/mol. The van der Waals surface area contributed by atoms with E-state index in [1.54, 1.807) is 14.2 Å². The van der Waals surface area contributed by atoms with Crippen LogP contribution in [0.15, 0.2) is 23.2 Å². The first-order valence-electron chi connectivity index (χ1n) is 6.83. The molecule has 0 fully saturated rings. The van der Waals surface area contributed by atoms with Gasteiger partial charge in [-0.3, -0.25) is 10.4 Å². The number of nitrogens with one attached hydrogen (secondary N) is 2. The number of hydrazine groups is 1. The van der Waals surface area contributed by atoms with Crippen molar-refractivity contribution in [3.63, 3.8) is 0 Å². The third-order valence-corrected chi connectivity index (χ3v) is 2.72. The highest BCUT2D eigenvalue weighted by atomic mass is 16.5. The highest BCUT2D eigenvalue weighted by molar-refractivity contribution is 5.94. The lowest BCUT2D eigenvalue weighted by Crippen LogP contribution is -2.36. The Kier molecular flexibility index (Phi) is 8.00. The van der Waals surface area contributed by atoms with E-state index in [1.165, 1.54) is 0 Å². The molecule has 0 amide bonds. The van der Waals surface area contributed by atoms with E-state index in [0.717, 1.165) is 12.1 Å². The average molecular weight is 296 g/mol. The fourth-order valence-electron chi connectivity index (χ4n) is 1.66. The minimum atomic E-state index is 0.457. The first kappa shape index (κ1) is 17.1. The van der Waals surface area contributed by atoms with Crippen LogP contribution in [0.25, 0.3) is 0 Å². The van der Waals surface area contributed by atoms with Crippen molar-refractivity contribution in [1.29, 1.82) is 0 Å². The van der Waals surface area contributed by atoms with Gasteiger partial charge in [-0.05, 0) is 25.5 Å². The summed E-state index contributed by atoms with van der Waals surface area (Å²) in [5, 5.41) is 3.08. The van der Waals surface area contributed by atoms with Gasteiger partial charge >= 0.3 is 0 Å². The molecule has 0 unspecified atom stereocenters. The van der Waals surface area contributed by atoms with Crippen LogP contribution in [0, 0.1) is 0 Å². The predicted molar refractivity (Wildman–Crippen MR) is 83.9 cm³/mol. The number of hydrogen-bond acceptors (Lipinski definition) is 5. The average Bonchev–Trinajstić information content (AvgIpc) is 2.53. The van der Waals surface area contributed by atoms with Crippen LogP contribution in [0.5, 0.6) is 11.5 Å². The summed E-state index contributed by atoms with van der Waals surface area (Å²) in [6.45, 7) is 3.97. The van der Waals surface area contributed by atoms with Gasteiger partial charge in [0, 0.05) is 25.8 Å². The maximum atomic E-state index is 5.48. The van der Waals surface area contributed by atoms with Gasteiger partial charge in [-0.15, -0.1) is 0 Å². The molecule has 0 aliphatic carbocycles. The lowest BCUT2D eigenvalue weighted by atomic mass is 10.2. The van der Waals surface area contributed by atoms with E-state index in [9.17, 15) is 0 Å². The Morgan fingerprint density at radius 1 is 1.29 bits per heavy atom. The molecule has 0 radical (unpaired) electrons.